The second-order valence-corrected chi connectivity index (χ2v) is 3.87. The molecule has 1 atom stereocenters. The third-order valence-electron chi connectivity index (χ3n) is 2.36. The van der Waals surface area contributed by atoms with E-state index < -0.39 is 18.1 Å². The summed E-state index contributed by atoms with van der Waals surface area (Å²) in [5, 5.41) is 18.7. The van der Waals surface area contributed by atoms with E-state index >= 15 is 0 Å². The molecule has 1 heterocycles. The fourth-order valence-electron chi connectivity index (χ4n) is 1.43. The number of halogens is 3. The van der Waals surface area contributed by atoms with Crippen molar-refractivity contribution in [2.24, 2.45) is 0 Å². The monoisotopic (exact) mass is 300 g/mol. The Morgan fingerprint density at radius 3 is 2.25 bits per heavy atom. The molecule has 0 aromatic carbocycles. The number of hydrogen-bond donors (Lipinski definition) is 3. The average Bonchev–Trinajstić information content (AvgIpc) is 2.31. The molecule has 0 saturated carbocycles. The van der Waals surface area contributed by atoms with Crippen LogP contribution < -0.4 is 5.32 Å². The quantitative estimate of drug-likeness (QED) is 0.673. The molecule has 0 aliphatic carbocycles. The Morgan fingerprint density at radius 1 is 1.40 bits per heavy atom. The molecule has 1 rings (SSSR count). The number of nitrogens with one attached hydrogen (secondary N) is 1. The normalized spacial score (nSPS) is 19.1. The number of aliphatic carboxylic acids is 2. The van der Waals surface area contributed by atoms with Crippen molar-refractivity contribution < 1.29 is 37.8 Å². The van der Waals surface area contributed by atoms with E-state index in [4.69, 9.17) is 15.0 Å². The summed E-state index contributed by atoms with van der Waals surface area (Å²) in [6.07, 6.45) is -4.38. The maximum absolute atomic E-state index is 11.5. The summed E-state index contributed by atoms with van der Waals surface area (Å²) in [4.78, 5) is 32.2. The van der Waals surface area contributed by atoms with Gasteiger partial charge in [0.2, 0.25) is 5.91 Å². The largest absolute Gasteiger partial charge is 0.490 e. The smallest absolute Gasteiger partial charge is 0.480 e. The Labute approximate surface area is 112 Å². The van der Waals surface area contributed by atoms with Crippen molar-refractivity contribution in [3.05, 3.63) is 0 Å². The molecule has 1 amide bonds. The Hall–Kier alpha value is -1.84. The highest BCUT2D eigenvalue weighted by Gasteiger charge is 2.38. The van der Waals surface area contributed by atoms with Crippen LogP contribution in [-0.2, 0) is 14.4 Å². The van der Waals surface area contributed by atoms with Gasteiger partial charge in [-0.2, -0.15) is 13.2 Å². The fraction of sp³-hybridized carbons (Fsp3) is 0.700. The van der Waals surface area contributed by atoms with E-state index in [0.29, 0.717) is 19.5 Å². The Balaban J connectivity index is 0.000000441. The summed E-state index contributed by atoms with van der Waals surface area (Å²) in [5.74, 6) is -3.81. The highest BCUT2D eigenvalue weighted by atomic mass is 19.4. The predicted octanol–water partition coefficient (Wildman–Crippen LogP) is -0.0853. The maximum atomic E-state index is 11.5. The lowest BCUT2D eigenvalue weighted by Crippen LogP contribution is -2.55. The SMILES string of the molecule is CCC1NCCN(CC(=O)O)C1=O.O=C(O)C(F)(F)F. The van der Waals surface area contributed by atoms with Gasteiger partial charge in [0.25, 0.3) is 0 Å². The maximum Gasteiger partial charge on any atom is 0.490 e. The lowest BCUT2D eigenvalue weighted by atomic mass is 10.1. The van der Waals surface area contributed by atoms with Crippen molar-refractivity contribution in [2.75, 3.05) is 19.6 Å². The topological polar surface area (TPSA) is 107 Å². The van der Waals surface area contributed by atoms with Crippen LogP contribution in [0.4, 0.5) is 13.2 Å². The van der Waals surface area contributed by atoms with Gasteiger partial charge in [-0.3, -0.25) is 9.59 Å². The van der Waals surface area contributed by atoms with E-state index in [2.05, 4.69) is 5.32 Å². The van der Waals surface area contributed by atoms with Gasteiger partial charge in [-0.15, -0.1) is 0 Å². The minimum atomic E-state index is -5.08. The molecule has 1 aliphatic rings. The van der Waals surface area contributed by atoms with Crippen LogP contribution in [0.15, 0.2) is 0 Å². The first kappa shape index (κ1) is 18.2. The highest BCUT2D eigenvalue weighted by Crippen LogP contribution is 2.13. The number of alkyl halides is 3. The molecule has 1 fully saturated rings. The Kier molecular flexibility index (Phi) is 6.97. The molecular formula is C10H15F3N2O5. The van der Waals surface area contributed by atoms with Crippen LogP contribution in [0.2, 0.25) is 0 Å². The molecule has 20 heavy (non-hydrogen) atoms. The van der Waals surface area contributed by atoms with Crippen LogP contribution in [0, 0.1) is 0 Å². The molecule has 0 aromatic rings. The molecule has 116 valence electrons. The van der Waals surface area contributed by atoms with Crippen molar-refractivity contribution in [3.63, 3.8) is 0 Å². The molecule has 3 N–H and O–H groups in total. The van der Waals surface area contributed by atoms with E-state index in [-0.39, 0.29) is 18.5 Å². The van der Waals surface area contributed by atoms with Gasteiger partial charge in [-0.1, -0.05) is 6.92 Å². The van der Waals surface area contributed by atoms with Crippen molar-refractivity contribution in [3.8, 4) is 0 Å². The lowest BCUT2D eigenvalue weighted by molar-refractivity contribution is -0.192. The van der Waals surface area contributed by atoms with E-state index in [1.807, 2.05) is 6.92 Å². The van der Waals surface area contributed by atoms with Crippen molar-refractivity contribution in [2.45, 2.75) is 25.6 Å². The number of piperazine rings is 1. The van der Waals surface area contributed by atoms with Gasteiger partial charge < -0.3 is 20.4 Å². The van der Waals surface area contributed by atoms with Crippen molar-refractivity contribution in [1.29, 1.82) is 0 Å². The minimum absolute atomic E-state index is 0.101. The summed E-state index contributed by atoms with van der Waals surface area (Å²) in [6, 6.07) is -0.201. The van der Waals surface area contributed by atoms with Crippen molar-refractivity contribution >= 4 is 17.8 Å². The van der Waals surface area contributed by atoms with Gasteiger partial charge in [0.05, 0.1) is 6.04 Å². The number of hydrogen-bond acceptors (Lipinski definition) is 4. The molecular weight excluding hydrogens is 285 g/mol. The average molecular weight is 300 g/mol. The van der Waals surface area contributed by atoms with E-state index in [1.54, 1.807) is 0 Å². The van der Waals surface area contributed by atoms with Gasteiger partial charge >= 0.3 is 18.1 Å². The van der Waals surface area contributed by atoms with Crippen LogP contribution in [0.1, 0.15) is 13.3 Å². The number of carbonyl (C=O) groups excluding carboxylic acids is 1. The Morgan fingerprint density at radius 2 is 1.90 bits per heavy atom. The van der Waals surface area contributed by atoms with Gasteiger partial charge in [0, 0.05) is 13.1 Å². The summed E-state index contributed by atoms with van der Waals surface area (Å²) in [7, 11) is 0. The summed E-state index contributed by atoms with van der Waals surface area (Å²) >= 11 is 0. The first-order valence-corrected chi connectivity index (χ1v) is 5.63. The second-order valence-electron chi connectivity index (χ2n) is 3.87. The zero-order valence-corrected chi connectivity index (χ0v) is 10.6. The lowest BCUT2D eigenvalue weighted by Gasteiger charge is -2.31. The number of carboxylic acids is 2. The van der Waals surface area contributed by atoms with Crippen LogP contribution in [0.5, 0.6) is 0 Å². The molecule has 7 nitrogen and oxygen atoms in total. The second kappa shape index (κ2) is 7.68. The third-order valence-corrected chi connectivity index (χ3v) is 2.36. The third kappa shape index (κ3) is 6.36. The first-order valence-electron chi connectivity index (χ1n) is 5.63. The van der Waals surface area contributed by atoms with Gasteiger partial charge in [0.15, 0.2) is 0 Å². The van der Waals surface area contributed by atoms with Crippen LogP contribution in [0.3, 0.4) is 0 Å². The molecule has 1 saturated heterocycles. The molecule has 0 radical (unpaired) electrons. The van der Waals surface area contributed by atoms with Crippen molar-refractivity contribution in [1.82, 2.24) is 10.2 Å². The minimum Gasteiger partial charge on any atom is -0.480 e. The van der Waals surface area contributed by atoms with Gasteiger partial charge in [-0.25, -0.2) is 4.79 Å². The summed E-state index contributed by atoms with van der Waals surface area (Å²) in [5.41, 5.74) is 0. The first-order chi connectivity index (χ1) is 9.09. The zero-order chi connectivity index (χ0) is 15.9. The number of carbonyl (C=O) groups is 3. The predicted molar refractivity (Wildman–Crippen MR) is 60.0 cm³/mol. The van der Waals surface area contributed by atoms with Gasteiger partial charge in [0.1, 0.15) is 6.54 Å². The summed E-state index contributed by atoms with van der Waals surface area (Å²) < 4.78 is 31.7. The molecule has 1 unspecified atom stereocenters. The number of amides is 1. The summed E-state index contributed by atoms with van der Waals surface area (Å²) in [6.45, 7) is 2.88. The molecule has 0 aromatic heterocycles. The molecule has 10 heteroatoms. The van der Waals surface area contributed by atoms with E-state index in [0.717, 1.165) is 0 Å². The standard InChI is InChI=1S/C8H14N2O3.C2HF3O2/c1-2-6-8(13)10(4-3-9-6)5-7(11)12;3-2(4,5)1(6)7/h6,9H,2-5H2,1H3,(H,11,12);(H,6,7). The highest BCUT2D eigenvalue weighted by molar-refractivity contribution is 5.85. The van der Waals surface area contributed by atoms with Crippen LogP contribution in [-0.4, -0.2) is 64.8 Å². The number of nitrogens with zero attached hydrogens (tertiary/aromatic N) is 1. The van der Waals surface area contributed by atoms with Gasteiger partial charge in [-0.05, 0) is 6.42 Å². The fourth-order valence-corrected chi connectivity index (χ4v) is 1.43. The van der Waals surface area contributed by atoms with Crippen LogP contribution >= 0.6 is 0 Å². The van der Waals surface area contributed by atoms with E-state index in [9.17, 15) is 22.8 Å². The van der Waals surface area contributed by atoms with E-state index in [1.165, 1.54) is 4.90 Å². The Bertz CT molecular complexity index is 372. The number of rotatable bonds is 3. The molecule has 0 bridgehead atoms. The number of carboxylic acid groups (broad SMARTS) is 2. The van der Waals surface area contributed by atoms with Crippen LogP contribution in [0.25, 0.3) is 0 Å². The molecule has 1 aliphatic heterocycles. The zero-order valence-electron chi connectivity index (χ0n) is 10.6. The molecule has 0 spiro atoms.